The molecule has 0 atom stereocenters. The van der Waals surface area contributed by atoms with E-state index >= 15 is 0 Å². The maximum atomic E-state index is 11.8. The lowest BCUT2D eigenvalue weighted by Crippen LogP contribution is -2.32. The van der Waals surface area contributed by atoms with Crippen molar-refractivity contribution in [2.24, 2.45) is 0 Å². The number of halogens is 2. The summed E-state index contributed by atoms with van der Waals surface area (Å²) in [6.45, 7) is 4.73. The van der Waals surface area contributed by atoms with Gasteiger partial charge in [-0.25, -0.2) is 4.79 Å². The Bertz CT molecular complexity index is 685. The largest absolute Gasteiger partial charge is 0.491 e. The van der Waals surface area contributed by atoms with Gasteiger partial charge in [-0.1, -0.05) is 41.4 Å². The normalized spacial score (nSPS) is 10.3. The third-order valence-corrected chi connectivity index (χ3v) is 3.78. The molecule has 0 heterocycles. The third kappa shape index (κ3) is 5.05. The summed E-state index contributed by atoms with van der Waals surface area (Å²) in [5.41, 5.74) is 2.60. The molecule has 23 heavy (non-hydrogen) atoms. The van der Waals surface area contributed by atoms with Crippen LogP contribution in [0.15, 0.2) is 36.4 Å². The van der Waals surface area contributed by atoms with Gasteiger partial charge in [-0.05, 0) is 43.2 Å². The molecule has 6 heteroatoms. The van der Waals surface area contributed by atoms with E-state index in [0.29, 0.717) is 28.9 Å². The summed E-state index contributed by atoms with van der Waals surface area (Å²) in [4.78, 5) is 11.8. The van der Waals surface area contributed by atoms with E-state index in [1.807, 2.05) is 32.0 Å². The Kier molecular flexibility index (Phi) is 6.13. The maximum Gasteiger partial charge on any atom is 0.319 e. The molecule has 0 aliphatic carbocycles. The molecule has 2 N–H and O–H groups in total. The van der Waals surface area contributed by atoms with E-state index in [-0.39, 0.29) is 6.03 Å². The summed E-state index contributed by atoms with van der Waals surface area (Å²) < 4.78 is 5.72. The number of anilines is 1. The Labute approximate surface area is 145 Å². The van der Waals surface area contributed by atoms with Gasteiger partial charge in [0.2, 0.25) is 0 Å². The molecule has 0 unspecified atom stereocenters. The van der Waals surface area contributed by atoms with Gasteiger partial charge in [0.1, 0.15) is 12.4 Å². The zero-order valence-corrected chi connectivity index (χ0v) is 14.5. The average molecular weight is 353 g/mol. The number of carbonyl (C=O) groups excluding carboxylic acids is 1. The fraction of sp³-hybridized carbons (Fsp3) is 0.235. The number of carbonyl (C=O) groups is 1. The summed E-state index contributed by atoms with van der Waals surface area (Å²) in [5, 5.41) is 6.29. The molecule has 122 valence electrons. The molecule has 0 bridgehead atoms. The van der Waals surface area contributed by atoms with Crippen LogP contribution in [-0.4, -0.2) is 19.2 Å². The molecule has 0 saturated heterocycles. The van der Waals surface area contributed by atoms with Crippen molar-refractivity contribution in [3.8, 4) is 5.75 Å². The number of hydrogen-bond donors (Lipinski definition) is 2. The molecule has 0 spiro atoms. The number of para-hydroxylation sites is 1. The van der Waals surface area contributed by atoms with Gasteiger partial charge in [-0.2, -0.15) is 0 Å². The molecule has 0 aromatic heterocycles. The van der Waals surface area contributed by atoms with Crippen LogP contribution in [0.4, 0.5) is 10.5 Å². The topological polar surface area (TPSA) is 50.4 Å². The first-order valence-electron chi connectivity index (χ1n) is 7.16. The summed E-state index contributed by atoms with van der Waals surface area (Å²) in [6.07, 6.45) is 0. The van der Waals surface area contributed by atoms with Gasteiger partial charge in [0.15, 0.2) is 0 Å². The molecule has 0 radical (unpaired) electrons. The number of benzene rings is 2. The minimum atomic E-state index is -0.362. The van der Waals surface area contributed by atoms with Gasteiger partial charge in [0.25, 0.3) is 0 Å². The van der Waals surface area contributed by atoms with E-state index in [0.717, 1.165) is 16.9 Å². The van der Waals surface area contributed by atoms with Crippen LogP contribution in [0.3, 0.4) is 0 Å². The van der Waals surface area contributed by atoms with Gasteiger partial charge in [0.05, 0.1) is 17.3 Å². The van der Waals surface area contributed by atoms with E-state index < -0.39 is 0 Å². The van der Waals surface area contributed by atoms with E-state index in [9.17, 15) is 4.79 Å². The molecule has 2 amide bonds. The quantitative estimate of drug-likeness (QED) is 0.758. The van der Waals surface area contributed by atoms with Crippen molar-refractivity contribution < 1.29 is 9.53 Å². The van der Waals surface area contributed by atoms with E-state index in [1.54, 1.807) is 18.2 Å². The molecule has 2 aromatic carbocycles. The van der Waals surface area contributed by atoms with Crippen molar-refractivity contribution >= 4 is 34.9 Å². The van der Waals surface area contributed by atoms with Crippen molar-refractivity contribution in [3.63, 3.8) is 0 Å². The average Bonchev–Trinajstić information content (AvgIpc) is 2.50. The van der Waals surface area contributed by atoms with Crippen LogP contribution in [0.1, 0.15) is 11.1 Å². The van der Waals surface area contributed by atoms with Crippen LogP contribution >= 0.6 is 23.2 Å². The molecular formula is C17H18Cl2N2O2. The number of hydrogen-bond acceptors (Lipinski definition) is 2. The molecular weight excluding hydrogens is 335 g/mol. The third-order valence-electron chi connectivity index (χ3n) is 3.22. The lowest BCUT2D eigenvalue weighted by atomic mass is 10.1. The minimum absolute atomic E-state index is 0.362. The molecule has 2 rings (SSSR count). The highest BCUT2D eigenvalue weighted by molar-refractivity contribution is 6.35. The summed E-state index contributed by atoms with van der Waals surface area (Å²) >= 11 is 11.9. The number of ether oxygens (including phenoxy) is 1. The van der Waals surface area contributed by atoms with E-state index in [2.05, 4.69) is 10.6 Å². The Morgan fingerprint density at radius 2 is 1.83 bits per heavy atom. The number of nitrogens with one attached hydrogen (secondary N) is 2. The first-order chi connectivity index (χ1) is 11.0. The predicted molar refractivity (Wildman–Crippen MR) is 94.9 cm³/mol. The summed E-state index contributed by atoms with van der Waals surface area (Å²) in [5.74, 6) is 0.854. The molecule has 0 aliphatic rings. The predicted octanol–water partition coefficient (Wildman–Crippen LogP) is 4.81. The lowest BCUT2D eigenvalue weighted by molar-refractivity contribution is 0.247. The smallest absolute Gasteiger partial charge is 0.319 e. The second kappa shape index (κ2) is 8.09. The van der Waals surface area contributed by atoms with Crippen molar-refractivity contribution in [2.45, 2.75) is 13.8 Å². The first kappa shape index (κ1) is 17.4. The van der Waals surface area contributed by atoms with E-state index in [4.69, 9.17) is 27.9 Å². The Morgan fingerprint density at radius 3 is 2.52 bits per heavy atom. The molecule has 4 nitrogen and oxygen atoms in total. The van der Waals surface area contributed by atoms with Crippen LogP contribution in [0, 0.1) is 13.8 Å². The number of urea groups is 1. The highest BCUT2D eigenvalue weighted by Crippen LogP contribution is 2.25. The number of amides is 2. The highest BCUT2D eigenvalue weighted by atomic mass is 35.5. The van der Waals surface area contributed by atoms with Gasteiger partial charge < -0.3 is 15.4 Å². The highest BCUT2D eigenvalue weighted by Gasteiger charge is 2.07. The Hall–Kier alpha value is -1.91. The van der Waals surface area contributed by atoms with Crippen molar-refractivity contribution in [1.29, 1.82) is 0 Å². The standard InChI is InChI=1S/C17H18Cl2N2O2/c1-11-4-3-5-12(2)16(11)23-9-8-20-17(22)21-15-10-13(18)6-7-14(15)19/h3-7,10H,8-9H2,1-2H3,(H2,20,21,22). The first-order valence-corrected chi connectivity index (χ1v) is 7.92. The second-order valence-corrected chi connectivity index (χ2v) is 5.92. The Morgan fingerprint density at radius 1 is 1.13 bits per heavy atom. The van der Waals surface area contributed by atoms with Crippen LogP contribution in [0.5, 0.6) is 5.75 Å². The summed E-state index contributed by atoms with van der Waals surface area (Å²) in [6, 6.07) is 10.5. The monoisotopic (exact) mass is 352 g/mol. The fourth-order valence-corrected chi connectivity index (χ4v) is 2.44. The summed E-state index contributed by atoms with van der Waals surface area (Å²) in [7, 11) is 0. The molecule has 0 fully saturated rings. The fourth-order valence-electron chi connectivity index (χ4n) is 2.10. The van der Waals surface area contributed by atoms with E-state index in [1.165, 1.54) is 0 Å². The number of aryl methyl sites for hydroxylation is 2. The van der Waals surface area contributed by atoms with Crippen molar-refractivity contribution in [1.82, 2.24) is 5.32 Å². The minimum Gasteiger partial charge on any atom is -0.491 e. The molecule has 0 aliphatic heterocycles. The van der Waals surface area contributed by atoms with Crippen LogP contribution < -0.4 is 15.4 Å². The Balaban J connectivity index is 1.80. The van der Waals surface area contributed by atoms with Gasteiger partial charge in [-0.15, -0.1) is 0 Å². The number of rotatable bonds is 5. The van der Waals surface area contributed by atoms with Crippen molar-refractivity contribution in [2.75, 3.05) is 18.5 Å². The van der Waals surface area contributed by atoms with Crippen molar-refractivity contribution in [3.05, 3.63) is 57.6 Å². The second-order valence-electron chi connectivity index (χ2n) is 5.07. The van der Waals surface area contributed by atoms with Crippen LogP contribution in [-0.2, 0) is 0 Å². The van der Waals surface area contributed by atoms with Gasteiger partial charge in [0, 0.05) is 5.02 Å². The van der Waals surface area contributed by atoms with Crippen LogP contribution in [0.25, 0.3) is 0 Å². The van der Waals surface area contributed by atoms with Crippen LogP contribution in [0.2, 0.25) is 10.0 Å². The zero-order valence-electron chi connectivity index (χ0n) is 13.0. The molecule has 2 aromatic rings. The van der Waals surface area contributed by atoms with Gasteiger partial charge in [-0.3, -0.25) is 0 Å². The zero-order chi connectivity index (χ0) is 16.8. The van der Waals surface area contributed by atoms with Gasteiger partial charge >= 0.3 is 6.03 Å². The lowest BCUT2D eigenvalue weighted by Gasteiger charge is -2.13. The SMILES string of the molecule is Cc1cccc(C)c1OCCNC(=O)Nc1cc(Cl)ccc1Cl. The maximum absolute atomic E-state index is 11.8. The molecule has 0 saturated carbocycles.